The number of rotatable bonds is 5. The topological polar surface area (TPSA) is 61.9 Å². The van der Waals surface area contributed by atoms with Crippen molar-refractivity contribution in [1.29, 1.82) is 0 Å². The number of thiophene rings is 1. The number of hydrogen-bond acceptors (Lipinski definition) is 6. The van der Waals surface area contributed by atoms with E-state index in [9.17, 15) is 0 Å². The van der Waals surface area contributed by atoms with Crippen LogP contribution in [0, 0.1) is 0 Å². The summed E-state index contributed by atoms with van der Waals surface area (Å²) in [7, 11) is 0. The molecule has 1 aliphatic heterocycles. The highest BCUT2D eigenvalue weighted by atomic mass is 32.1. The quantitative estimate of drug-likeness (QED) is 0.740. The zero-order chi connectivity index (χ0) is 14.8. The second-order valence-electron chi connectivity index (χ2n) is 6.24. The molecule has 2 aromatic rings. The number of aryl methyl sites for hydroxylation is 2. The van der Waals surface area contributed by atoms with Gasteiger partial charge in [0.2, 0.25) is 0 Å². The normalized spacial score (nSPS) is 21.2. The number of nitrogens with zero attached hydrogens (tertiary/aromatic N) is 2. The van der Waals surface area contributed by atoms with Crippen molar-refractivity contribution < 1.29 is 0 Å². The van der Waals surface area contributed by atoms with Gasteiger partial charge in [-0.15, -0.1) is 11.3 Å². The standard InChI is InChI=1S/C16H23N5S/c1-2-6-13-12(5-1)14-15(18-10-19-16(14)22-13)17-8-3-4-11-7-9-20-21-11/h10-11,20-21H,1-9H2,(H,17,18,19). The first kappa shape index (κ1) is 14.4. The van der Waals surface area contributed by atoms with Gasteiger partial charge < -0.3 is 5.32 Å². The molecule has 1 atom stereocenters. The van der Waals surface area contributed by atoms with Crippen LogP contribution in [-0.2, 0) is 12.8 Å². The van der Waals surface area contributed by atoms with E-state index >= 15 is 0 Å². The maximum atomic E-state index is 4.51. The van der Waals surface area contributed by atoms with E-state index in [0.29, 0.717) is 6.04 Å². The van der Waals surface area contributed by atoms with Crippen molar-refractivity contribution in [3.05, 3.63) is 16.8 Å². The molecule has 1 saturated heterocycles. The fourth-order valence-corrected chi connectivity index (χ4v) is 4.76. The van der Waals surface area contributed by atoms with Gasteiger partial charge in [0, 0.05) is 24.0 Å². The van der Waals surface area contributed by atoms with Crippen LogP contribution in [0.5, 0.6) is 0 Å². The van der Waals surface area contributed by atoms with E-state index in [0.717, 1.165) is 30.2 Å². The molecular weight excluding hydrogens is 294 g/mol. The van der Waals surface area contributed by atoms with Crippen LogP contribution in [0.4, 0.5) is 5.82 Å². The van der Waals surface area contributed by atoms with Gasteiger partial charge in [0.25, 0.3) is 0 Å². The Balaban J connectivity index is 1.45. The lowest BCUT2D eigenvalue weighted by Crippen LogP contribution is -2.30. The van der Waals surface area contributed by atoms with Crippen LogP contribution in [0.25, 0.3) is 10.2 Å². The summed E-state index contributed by atoms with van der Waals surface area (Å²) >= 11 is 1.86. The molecule has 5 nitrogen and oxygen atoms in total. The van der Waals surface area contributed by atoms with Crippen molar-refractivity contribution in [3.63, 3.8) is 0 Å². The Hall–Kier alpha value is -1.24. The molecule has 3 N–H and O–H groups in total. The highest BCUT2D eigenvalue weighted by Crippen LogP contribution is 2.38. The maximum Gasteiger partial charge on any atom is 0.138 e. The van der Waals surface area contributed by atoms with Gasteiger partial charge in [-0.25, -0.2) is 9.97 Å². The largest absolute Gasteiger partial charge is 0.369 e. The van der Waals surface area contributed by atoms with Crippen LogP contribution in [0.15, 0.2) is 6.33 Å². The van der Waals surface area contributed by atoms with Crippen LogP contribution in [0.2, 0.25) is 0 Å². The molecule has 0 radical (unpaired) electrons. The van der Waals surface area contributed by atoms with E-state index in [1.54, 1.807) is 6.33 Å². The molecule has 0 aromatic carbocycles. The maximum absolute atomic E-state index is 4.51. The van der Waals surface area contributed by atoms with Gasteiger partial charge in [-0.05, 0) is 50.5 Å². The number of aromatic nitrogens is 2. The Morgan fingerprint density at radius 1 is 1.27 bits per heavy atom. The van der Waals surface area contributed by atoms with Crippen molar-refractivity contribution in [2.75, 3.05) is 18.4 Å². The number of hydrazine groups is 1. The monoisotopic (exact) mass is 317 g/mol. The summed E-state index contributed by atoms with van der Waals surface area (Å²) in [4.78, 5) is 11.7. The molecule has 1 aliphatic carbocycles. The van der Waals surface area contributed by atoms with Crippen molar-refractivity contribution in [2.45, 2.75) is 51.0 Å². The highest BCUT2D eigenvalue weighted by Gasteiger charge is 2.19. The molecule has 0 saturated carbocycles. The predicted molar refractivity (Wildman–Crippen MR) is 91.3 cm³/mol. The molecule has 2 aromatic heterocycles. The van der Waals surface area contributed by atoms with E-state index in [2.05, 4.69) is 26.1 Å². The molecule has 118 valence electrons. The van der Waals surface area contributed by atoms with Gasteiger partial charge in [-0.1, -0.05) is 0 Å². The molecular formula is C16H23N5S. The summed E-state index contributed by atoms with van der Waals surface area (Å²) in [5.74, 6) is 1.04. The lowest BCUT2D eigenvalue weighted by molar-refractivity contribution is 0.511. The number of hydrogen-bond donors (Lipinski definition) is 3. The van der Waals surface area contributed by atoms with E-state index in [4.69, 9.17) is 0 Å². The first-order valence-electron chi connectivity index (χ1n) is 8.39. The van der Waals surface area contributed by atoms with E-state index in [1.807, 2.05) is 11.3 Å². The summed E-state index contributed by atoms with van der Waals surface area (Å²) in [6.45, 7) is 2.07. The molecule has 0 spiro atoms. The Kier molecular flexibility index (Phi) is 4.23. The third-order valence-electron chi connectivity index (χ3n) is 4.70. The summed E-state index contributed by atoms with van der Waals surface area (Å²) in [6, 6.07) is 0.626. The third kappa shape index (κ3) is 2.83. The van der Waals surface area contributed by atoms with Gasteiger partial charge in [-0.2, -0.15) is 0 Å². The molecule has 4 rings (SSSR count). The SMILES string of the molecule is c1nc(NCCCC2CCNN2)c2c3c(sc2n1)CCCC3. The molecule has 22 heavy (non-hydrogen) atoms. The first-order valence-corrected chi connectivity index (χ1v) is 9.21. The van der Waals surface area contributed by atoms with Gasteiger partial charge in [0.05, 0.1) is 5.39 Å². The minimum absolute atomic E-state index is 0.626. The molecule has 0 bridgehead atoms. The molecule has 3 heterocycles. The molecule has 2 aliphatic rings. The zero-order valence-corrected chi connectivity index (χ0v) is 13.6. The Bertz CT molecular complexity index is 647. The Labute approximate surface area is 134 Å². The van der Waals surface area contributed by atoms with Crippen LogP contribution in [-0.4, -0.2) is 29.1 Å². The minimum atomic E-state index is 0.626. The van der Waals surface area contributed by atoms with Gasteiger partial charge >= 0.3 is 0 Å². The van der Waals surface area contributed by atoms with Crippen LogP contribution < -0.4 is 16.2 Å². The fourth-order valence-electron chi connectivity index (χ4n) is 3.53. The summed E-state index contributed by atoms with van der Waals surface area (Å²) in [5, 5.41) is 4.85. The Morgan fingerprint density at radius 2 is 2.23 bits per heavy atom. The van der Waals surface area contributed by atoms with Gasteiger partial charge in [-0.3, -0.25) is 10.9 Å². The van der Waals surface area contributed by atoms with Crippen LogP contribution >= 0.6 is 11.3 Å². The smallest absolute Gasteiger partial charge is 0.138 e. The van der Waals surface area contributed by atoms with E-state index in [-0.39, 0.29) is 0 Å². The first-order chi connectivity index (χ1) is 10.9. The Morgan fingerprint density at radius 3 is 3.14 bits per heavy atom. The number of anilines is 1. The van der Waals surface area contributed by atoms with Crippen molar-refractivity contribution >= 4 is 27.4 Å². The summed E-state index contributed by atoms with van der Waals surface area (Å²) in [5.41, 5.74) is 8.03. The lowest BCUT2D eigenvalue weighted by atomic mass is 9.97. The van der Waals surface area contributed by atoms with E-state index in [1.165, 1.54) is 54.4 Å². The fraction of sp³-hybridized carbons (Fsp3) is 0.625. The second kappa shape index (κ2) is 6.48. The van der Waals surface area contributed by atoms with Crippen molar-refractivity contribution in [3.8, 4) is 0 Å². The lowest BCUT2D eigenvalue weighted by Gasteiger charge is -2.13. The second-order valence-corrected chi connectivity index (χ2v) is 7.32. The van der Waals surface area contributed by atoms with Crippen LogP contribution in [0.1, 0.15) is 42.5 Å². The minimum Gasteiger partial charge on any atom is -0.369 e. The number of nitrogens with one attached hydrogen (secondary N) is 3. The zero-order valence-electron chi connectivity index (χ0n) is 12.8. The average molecular weight is 317 g/mol. The summed E-state index contributed by atoms with van der Waals surface area (Å²) in [6.07, 6.45) is 10.3. The molecule has 0 amide bonds. The molecule has 6 heteroatoms. The summed E-state index contributed by atoms with van der Waals surface area (Å²) < 4.78 is 0. The van der Waals surface area contributed by atoms with Crippen molar-refractivity contribution in [2.24, 2.45) is 0 Å². The number of fused-ring (bicyclic) bond motifs is 3. The highest BCUT2D eigenvalue weighted by molar-refractivity contribution is 7.19. The molecule has 1 unspecified atom stereocenters. The van der Waals surface area contributed by atoms with Crippen LogP contribution in [0.3, 0.4) is 0 Å². The van der Waals surface area contributed by atoms with Crippen molar-refractivity contribution in [1.82, 2.24) is 20.8 Å². The van der Waals surface area contributed by atoms with Gasteiger partial charge in [0.1, 0.15) is 17.0 Å². The predicted octanol–water partition coefficient (Wildman–Crippen LogP) is 2.63. The third-order valence-corrected chi connectivity index (χ3v) is 5.90. The van der Waals surface area contributed by atoms with E-state index < -0.39 is 0 Å². The average Bonchev–Trinajstić information content (AvgIpc) is 3.19. The molecule has 1 fully saturated rings. The van der Waals surface area contributed by atoms with Gasteiger partial charge in [0.15, 0.2) is 0 Å².